The van der Waals surface area contributed by atoms with Crippen LogP contribution in [-0.4, -0.2) is 16.0 Å². The van der Waals surface area contributed by atoms with Crippen LogP contribution in [0.25, 0.3) is 0 Å². The number of hydrogen-bond donors (Lipinski definition) is 2. The molecule has 0 aliphatic heterocycles. The van der Waals surface area contributed by atoms with Gasteiger partial charge in [0.15, 0.2) is 0 Å². The molecular weight excluding hydrogens is 257 g/mol. The number of nitrogens with one attached hydrogen (secondary N) is 1. The van der Waals surface area contributed by atoms with Gasteiger partial charge in [-0.1, -0.05) is 12.8 Å². The van der Waals surface area contributed by atoms with Crippen LogP contribution < -0.4 is 11.3 Å². The van der Waals surface area contributed by atoms with Gasteiger partial charge >= 0.3 is 6.18 Å². The van der Waals surface area contributed by atoms with Crippen molar-refractivity contribution in [2.75, 3.05) is 0 Å². The van der Waals surface area contributed by atoms with Crippen molar-refractivity contribution in [1.29, 1.82) is 0 Å². The molecule has 1 aromatic heterocycles. The van der Waals surface area contributed by atoms with Crippen molar-refractivity contribution in [2.45, 2.75) is 37.9 Å². The minimum absolute atomic E-state index is 0.187. The quantitative estimate of drug-likeness (QED) is 0.658. The van der Waals surface area contributed by atoms with E-state index in [0.29, 0.717) is 18.4 Å². The lowest BCUT2D eigenvalue weighted by molar-refractivity contribution is -0.199. The number of hydrazine groups is 1. The zero-order valence-electron chi connectivity index (χ0n) is 10.8. The molecule has 1 saturated carbocycles. The van der Waals surface area contributed by atoms with Crippen molar-refractivity contribution in [3.63, 3.8) is 0 Å². The molecule has 1 heterocycles. The Morgan fingerprint density at radius 3 is 2.63 bits per heavy atom. The molecule has 108 valence electrons. The smallest absolute Gasteiger partial charge is 0.275 e. The molecule has 1 aliphatic rings. The number of nitrogens with two attached hydrogens (primary N) is 1. The Hall–Kier alpha value is -1.08. The molecule has 0 amide bonds. The molecule has 0 spiro atoms. The third-order valence-electron chi connectivity index (χ3n) is 3.93. The summed E-state index contributed by atoms with van der Waals surface area (Å²) in [4.78, 5) is 0. The Labute approximate surface area is 110 Å². The maximum Gasteiger partial charge on any atom is 0.392 e. The van der Waals surface area contributed by atoms with Gasteiger partial charge in [-0.25, -0.2) is 0 Å². The first-order chi connectivity index (χ1) is 8.93. The van der Waals surface area contributed by atoms with Crippen LogP contribution in [0.3, 0.4) is 0 Å². The maximum atomic E-state index is 13.1. The molecule has 0 radical (unpaired) electrons. The number of aryl methyl sites for hydroxylation is 1. The average Bonchev–Trinajstić information content (AvgIpc) is 2.76. The summed E-state index contributed by atoms with van der Waals surface area (Å²) in [5.74, 6) is 3.68. The summed E-state index contributed by atoms with van der Waals surface area (Å²) >= 11 is 0. The zero-order valence-corrected chi connectivity index (χ0v) is 10.8. The second-order valence-corrected chi connectivity index (χ2v) is 5.19. The zero-order chi connectivity index (χ0) is 14.0. The van der Waals surface area contributed by atoms with Crippen LogP contribution in [-0.2, 0) is 7.05 Å². The van der Waals surface area contributed by atoms with E-state index in [9.17, 15) is 13.2 Å². The van der Waals surface area contributed by atoms with Crippen LogP contribution in [0.15, 0.2) is 12.4 Å². The summed E-state index contributed by atoms with van der Waals surface area (Å²) in [6.45, 7) is 0. The molecule has 1 aliphatic carbocycles. The van der Waals surface area contributed by atoms with Gasteiger partial charge in [0, 0.05) is 18.8 Å². The van der Waals surface area contributed by atoms with E-state index < -0.39 is 24.1 Å². The van der Waals surface area contributed by atoms with Gasteiger partial charge in [-0.15, -0.1) is 0 Å². The minimum atomic E-state index is -4.16. The average molecular weight is 276 g/mol. The van der Waals surface area contributed by atoms with Crippen molar-refractivity contribution in [3.8, 4) is 0 Å². The predicted molar refractivity (Wildman–Crippen MR) is 64.8 cm³/mol. The first-order valence-electron chi connectivity index (χ1n) is 6.45. The van der Waals surface area contributed by atoms with Crippen molar-refractivity contribution in [1.82, 2.24) is 15.2 Å². The topological polar surface area (TPSA) is 55.9 Å². The highest BCUT2D eigenvalue weighted by molar-refractivity contribution is 5.12. The van der Waals surface area contributed by atoms with Gasteiger partial charge in [0.1, 0.15) is 0 Å². The summed E-state index contributed by atoms with van der Waals surface area (Å²) < 4.78 is 40.9. The van der Waals surface area contributed by atoms with E-state index in [0.717, 1.165) is 6.42 Å². The van der Waals surface area contributed by atoms with Crippen LogP contribution in [0.4, 0.5) is 13.2 Å². The lowest BCUT2D eigenvalue weighted by Gasteiger charge is -2.37. The van der Waals surface area contributed by atoms with Gasteiger partial charge in [0.05, 0.1) is 18.2 Å². The highest BCUT2D eigenvalue weighted by Gasteiger charge is 2.48. The lowest BCUT2D eigenvalue weighted by Crippen LogP contribution is -2.42. The third-order valence-corrected chi connectivity index (χ3v) is 3.93. The first kappa shape index (κ1) is 14.3. The Morgan fingerprint density at radius 2 is 2.11 bits per heavy atom. The van der Waals surface area contributed by atoms with Gasteiger partial charge in [-0.3, -0.25) is 16.0 Å². The van der Waals surface area contributed by atoms with Crippen molar-refractivity contribution >= 4 is 0 Å². The van der Waals surface area contributed by atoms with Crippen LogP contribution in [0.2, 0.25) is 0 Å². The molecule has 0 bridgehead atoms. The number of alkyl halides is 3. The molecule has 1 aromatic rings. The van der Waals surface area contributed by atoms with E-state index in [1.54, 1.807) is 24.1 Å². The highest BCUT2D eigenvalue weighted by atomic mass is 19.4. The van der Waals surface area contributed by atoms with Gasteiger partial charge in [-0.2, -0.15) is 18.3 Å². The van der Waals surface area contributed by atoms with E-state index in [2.05, 4.69) is 10.5 Å². The second kappa shape index (κ2) is 5.50. The maximum absolute atomic E-state index is 13.1. The monoisotopic (exact) mass is 276 g/mol. The molecule has 7 heteroatoms. The standard InChI is InChI=1S/C12H19F3N4/c1-19-7-8(6-17-19)11(18-16)9-4-2-3-5-10(9)12(13,14)15/h6-7,9-11,18H,2-5,16H2,1H3. The molecule has 1 fully saturated rings. The summed E-state index contributed by atoms with van der Waals surface area (Å²) in [6, 6.07) is -0.499. The molecule has 3 N–H and O–H groups in total. The molecule has 3 atom stereocenters. The Balaban J connectivity index is 2.24. The van der Waals surface area contributed by atoms with Gasteiger partial charge in [0.25, 0.3) is 0 Å². The number of nitrogens with zero attached hydrogens (tertiary/aromatic N) is 2. The van der Waals surface area contributed by atoms with Crippen molar-refractivity contribution in [2.24, 2.45) is 24.7 Å². The molecule has 2 rings (SSSR count). The molecule has 4 nitrogen and oxygen atoms in total. The number of aromatic nitrogens is 2. The molecule has 3 unspecified atom stereocenters. The van der Waals surface area contributed by atoms with Gasteiger partial charge in [0.2, 0.25) is 0 Å². The fourth-order valence-corrected chi connectivity index (χ4v) is 3.03. The SMILES string of the molecule is Cn1cc(C(NN)C2CCCCC2C(F)(F)F)cn1. The molecule has 0 saturated heterocycles. The third kappa shape index (κ3) is 3.09. The predicted octanol–water partition coefficient (Wildman–Crippen LogP) is 2.29. The fraction of sp³-hybridized carbons (Fsp3) is 0.750. The fourth-order valence-electron chi connectivity index (χ4n) is 3.03. The van der Waals surface area contributed by atoms with Crippen LogP contribution in [0, 0.1) is 11.8 Å². The molecule has 19 heavy (non-hydrogen) atoms. The molecular formula is C12H19F3N4. The second-order valence-electron chi connectivity index (χ2n) is 5.19. The van der Waals surface area contributed by atoms with E-state index in [-0.39, 0.29) is 6.42 Å². The largest absolute Gasteiger partial charge is 0.392 e. The normalized spacial score (nSPS) is 26.4. The summed E-state index contributed by atoms with van der Waals surface area (Å²) in [7, 11) is 1.74. The Morgan fingerprint density at radius 1 is 1.42 bits per heavy atom. The Kier molecular flexibility index (Phi) is 4.15. The summed E-state index contributed by atoms with van der Waals surface area (Å²) in [5.41, 5.74) is 3.26. The number of halogens is 3. The summed E-state index contributed by atoms with van der Waals surface area (Å²) in [6.07, 6.45) is 1.29. The van der Waals surface area contributed by atoms with E-state index in [4.69, 9.17) is 5.84 Å². The van der Waals surface area contributed by atoms with Gasteiger partial charge in [-0.05, 0) is 18.8 Å². The van der Waals surface area contributed by atoms with Crippen LogP contribution in [0.1, 0.15) is 37.3 Å². The lowest BCUT2D eigenvalue weighted by atomic mass is 9.73. The Bertz CT molecular complexity index is 415. The molecule has 0 aromatic carbocycles. The van der Waals surface area contributed by atoms with Crippen LogP contribution >= 0.6 is 0 Å². The van der Waals surface area contributed by atoms with Gasteiger partial charge < -0.3 is 0 Å². The van der Waals surface area contributed by atoms with Crippen LogP contribution in [0.5, 0.6) is 0 Å². The van der Waals surface area contributed by atoms with Crippen molar-refractivity contribution < 1.29 is 13.2 Å². The number of rotatable bonds is 3. The highest BCUT2D eigenvalue weighted by Crippen LogP contribution is 2.46. The van der Waals surface area contributed by atoms with Crippen molar-refractivity contribution in [3.05, 3.63) is 18.0 Å². The first-order valence-corrected chi connectivity index (χ1v) is 6.45. The van der Waals surface area contributed by atoms with E-state index in [1.807, 2.05) is 0 Å². The minimum Gasteiger partial charge on any atom is -0.275 e. The van der Waals surface area contributed by atoms with E-state index >= 15 is 0 Å². The number of hydrogen-bond acceptors (Lipinski definition) is 3. The van der Waals surface area contributed by atoms with E-state index in [1.165, 1.54) is 0 Å². The summed E-state index contributed by atoms with van der Waals surface area (Å²) in [5, 5.41) is 4.01.